The molecule has 0 radical (unpaired) electrons. The fraction of sp³-hybridized carbons (Fsp3) is 0.857. The zero-order chi connectivity index (χ0) is 13.9. The van der Waals surface area contributed by atoms with Gasteiger partial charge in [0.1, 0.15) is 5.60 Å². The van der Waals surface area contributed by atoms with Crippen LogP contribution in [0.15, 0.2) is 4.52 Å². The summed E-state index contributed by atoms with van der Waals surface area (Å²) in [5.74, 6) is 1.18. The molecule has 108 valence electrons. The summed E-state index contributed by atoms with van der Waals surface area (Å²) in [4.78, 5) is 4.54. The lowest BCUT2D eigenvalue weighted by Gasteiger charge is -2.34. The van der Waals surface area contributed by atoms with Gasteiger partial charge in [0.2, 0.25) is 11.7 Å². The molecule has 2 rings (SSSR count). The van der Waals surface area contributed by atoms with Crippen LogP contribution >= 0.6 is 0 Å². The molecule has 0 bridgehead atoms. The molecule has 0 spiro atoms. The number of hydrogen-bond acceptors (Lipinski definition) is 5. The van der Waals surface area contributed by atoms with Crippen molar-refractivity contribution >= 4 is 0 Å². The molecule has 5 nitrogen and oxygen atoms in total. The molecule has 1 aromatic rings. The van der Waals surface area contributed by atoms with Crippen molar-refractivity contribution in [2.75, 3.05) is 6.61 Å². The first-order valence-corrected chi connectivity index (χ1v) is 7.31. The van der Waals surface area contributed by atoms with Crippen LogP contribution < -0.4 is 5.73 Å². The van der Waals surface area contributed by atoms with Crippen molar-refractivity contribution in [2.45, 2.75) is 70.4 Å². The zero-order valence-corrected chi connectivity index (χ0v) is 12.2. The van der Waals surface area contributed by atoms with Gasteiger partial charge in [0, 0.05) is 6.61 Å². The standard InChI is InChI=1S/C14H25N3O2/c1-4-13(3,15)12-16-11(17-19-12)14(18-5-2)9-7-6-8-10-14/h4-10,15H2,1-3H3. The topological polar surface area (TPSA) is 74.2 Å². The van der Waals surface area contributed by atoms with Gasteiger partial charge in [-0.05, 0) is 33.1 Å². The van der Waals surface area contributed by atoms with Gasteiger partial charge in [-0.1, -0.05) is 31.3 Å². The van der Waals surface area contributed by atoms with E-state index in [1.807, 2.05) is 20.8 Å². The number of hydrogen-bond donors (Lipinski definition) is 1. The first kappa shape index (κ1) is 14.5. The monoisotopic (exact) mass is 267 g/mol. The van der Waals surface area contributed by atoms with Gasteiger partial charge in [0.05, 0.1) is 5.54 Å². The second-order valence-electron chi connectivity index (χ2n) is 5.68. The molecule has 1 atom stereocenters. The van der Waals surface area contributed by atoms with Crippen LogP contribution in [0.5, 0.6) is 0 Å². The van der Waals surface area contributed by atoms with Crippen LogP contribution in [0.25, 0.3) is 0 Å². The zero-order valence-electron chi connectivity index (χ0n) is 12.2. The highest BCUT2D eigenvalue weighted by Crippen LogP contribution is 2.39. The van der Waals surface area contributed by atoms with Crippen LogP contribution in [0, 0.1) is 0 Å². The van der Waals surface area contributed by atoms with E-state index in [4.69, 9.17) is 15.0 Å². The lowest BCUT2D eigenvalue weighted by atomic mass is 9.84. The minimum Gasteiger partial charge on any atom is -0.367 e. The van der Waals surface area contributed by atoms with Gasteiger partial charge in [-0.25, -0.2) is 0 Å². The van der Waals surface area contributed by atoms with Gasteiger partial charge < -0.3 is 15.0 Å². The summed E-state index contributed by atoms with van der Waals surface area (Å²) in [5.41, 5.74) is 5.24. The van der Waals surface area contributed by atoms with Gasteiger partial charge in [0.15, 0.2) is 0 Å². The molecule has 19 heavy (non-hydrogen) atoms. The Morgan fingerprint density at radius 3 is 2.58 bits per heavy atom. The van der Waals surface area contributed by atoms with Crippen LogP contribution in [0.2, 0.25) is 0 Å². The van der Waals surface area contributed by atoms with E-state index in [-0.39, 0.29) is 5.60 Å². The SMILES string of the molecule is CCOC1(c2noc(C(C)(N)CC)n2)CCCCC1. The quantitative estimate of drug-likeness (QED) is 0.888. The Balaban J connectivity index is 2.28. The van der Waals surface area contributed by atoms with Crippen molar-refractivity contribution < 1.29 is 9.26 Å². The number of nitrogens with two attached hydrogens (primary N) is 1. The Morgan fingerprint density at radius 2 is 2.00 bits per heavy atom. The Hall–Kier alpha value is -0.940. The Labute approximate surface area is 114 Å². The van der Waals surface area contributed by atoms with Crippen molar-refractivity contribution in [1.29, 1.82) is 0 Å². The molecule has 0 saturated heterocycles. The molecular weight excluding hydrogens is 242 g/mol. The molecular formula is C14H25N3O2. The van der Waals surface area contributed by atoms with Crippen LogP contribution in [0.4, 0.5) is 0 Å². The molecule has 2 N–H and O–H groups in total. The highest BCUT2D eigenvalue weighted by atomic mass is 16.5. The summed E-state index contributed by atoms with van der Waals surface area (Å²) < 4.78 is 11.4. The molecule has 1 aliphatic carbocycles. The van der Waals surface area contributed by atoms with E-state index < -0.39 is 5.54 Å². The van der Waals surface area contributed by atoms with Gasteiger partial charge in [-0.2, -0.15) is 4.98 Å². The van der Waals surface area contributed by atoms with Gasteiger partial charge in [-0.3, -0.25) is 0 Å². The second kappa shape index (κ2) is 5.59. The van der Waals surface area contributed by atoms with Crippen molar-refractivity contribution in [1.82, 2.24) is 10.1 Å². The minimum absolute atomic E-state index is 0.363. The molecule has 1 aromatic heterocycles. The maximum atomic E-state index is 6.16. The molecule has 1 unspecified atom stereocenters. The highest BCUT2D eigenvalue weighted by Gasteiger charge is 2.40. The fourth-order valence-electron chi connectivity index (χ4n) is 2.62. The summed E-state index contributed by atoms with van der Waals surface area (Å²) >= 11 is 0. The summed E-state index contributed by atoms with van der Waals surface area (Å²) in [7, 11) is 0. The third-order valence-corrected chi connectivity index (χ3v) is 4.14. The average molecular weight is 267 g/mol. The molecule has 1 fully saturated rings. The lowest BCUT2D eigenvalue weighted by Crippen LogP contribution is -2.35. The summed E-state index contributed by atoms with van der Waals surface area (Å²) in [6.07, 6.45) is 6.24. The maximum absolute atomic E-state index is 6.16. The molecule has 0 aliphatic heterocycles. The maximum Gasteiger partial charge on any atom is 0.246 e. The van der Waals surface area contributed by atoms with E-state index in [9.17, 15) is 0 Å². The molecule has 5 heteroatoms. The average Bonchev–Trinajstić information content (AvgIpc) is 2.91. The van der Waals surface area contributed by atoms with E-state index >= 15 is 0 Å². The molecule has 0 amide bonds. The summed E-state index contributed by atoms with van der Waals surface area (Å²) in [6, 6.07) is 0. The Bertz CT molecular complexity index is 403. The smallest absolute Gasteiger partial charge is 0.246 e. The molecule has 1 heterocycles. The van der Waals surface area contributed by atoms with E-state index in [1.54, 1.807) is 0 Å². The second-order valence-corrected chi connectivity index (χ2v) is 5.68. The highest BCUT2D eigenvalue weighted by molar-refractivity contribution is 5.07. The predicted molar refractivity (Wildman–Crippen MR) is 72.5 cm³/mol. The Morgan fingerprint density at radius 1 is 1.32 bits per heavy atom. The van der Waals surface area contributed by atoms with Crippen LogP contribution in [-0.2, 0) is 15.9 Å². The van der Waals surface area contributed by atoms with Crippen LogP contribution in [-0.4, -0.2) is 16.7 Å². The van der Waals surface area contributed by atoms with Crippen molar-refractivity contribution in [2.24, 2.45) is 5.73 Å². The molecule has 1 aliphatic rings. The van der Waals surface area contributed by atoms with E-state index in [0.717, 1.165) is 32.1 Å². The first-order chi connectivity index (χ1) is 9.04. The van der Waals surface area contributed by atoms with Crippen LogP contribution in [0.3, 0.4) is 0 Å². The van der Waals surface area contributed by atoms with Crippen LogP contribution in [0.1, 0.15) is 71.0 Å². The van der Waals surface area contributed by atoms with Gasteiger partial charge in [0.25, 0.3) is 0 Å². The van der Waals surface area contributed by atoms with E-state index in [0.29, 0.717) is 18.3 Å². The number of aromatic nitrogens is 2. The fourth-order valence-corrected chi connectivity index (χ4v) is 2.62. The normalized spacial score (nSPS) is 22.1. The predicted octanol–water partition coefficient (Wildman–Crippen LogP) is 2.85. The third-order valence-electron chi connectivity index (χ3n) is 4.14. The van der Waals surface area contributed by atoms with E-state index in [2.05, 4.69) is 10.1 Å². The van der Waals surface area contributed by atoms with Crippen molar-refractivity contribution in [3.05, 3.63) is 11.7 Å². The summed E-state index contributed by atoms with van der Waals surface area (Å²) in [6.45, 7) is 6.61. The number of ether oxygens (including phenoxy) is 1. The lowest BCUT2D eigenvalue weighted by molar-refractivity contribution is -0.0777. The number of nitrogens with zero attached hydrogens (tertiary/aromatic N) is 2. The number of rotatable bonds is 5. The largest absolute Gasteiger partial charge is 0.367 e. The van der Waals surface area contributed by atoms with E-state index in [1.165, 1.54) is 6.42 Å². The summed E-state index contributed by atoms with van der Waals surface area (Å²) in [5, 5.41) is 4.15. The molecule has 0 aromatic carbocycles. The Kier molecular flexibility index (Phi) is 4.26. The third kappa shape index (κ3) is 2.82. The van der Waals surface area contributed by atoms with Crippen molar-refractivity contribution in [3.63, 3.8) is 0 Å². The first-order valence-electron chi connectivity index (χ1n) is 7.31. The van der Waals surface area contributed by atoms with Gasteiger partial charge in [-0.15, -0.1) is 0 Å². The van der Waals surface area contributed by atoms with Gasteiger partial charge >= 0.3 is 0 Å². The van der Waals surface area contributed by atoms with Crippen molar-refractivity contribution in [3.8, 4) is 0 Å². The molecule has 1 saturated carbocycles. The minimum atomic E-state index is -0.562.